The zero-order chi connectivity index (χ0) is 19.2. The van der Waals surface area contributed by atoms with Crippen LogP contribution in [0, 0.1) is 28.9 Å². The van der Waals surface area contributed by atoms with Gasteiger partial charge in [0, 0.05) is 25.8 Å². The third kappa shape index (κ3) is 4.50. The van der Waals surface area contributed by atoms with Gasteiger partial charge < -0.3 is 15.5 Å². The summed E-state index contributed by atoms with van der Waals surface area (Å²) >= 11 is 0. The van der Waals surface area contributed by atoms with Crippen LogP contribution in [-0.4, -0.2) is 30.6 Å². The van der Waals surface area contributed by atoms with E-state index in [0.29, 0.717) is 17.9 Å². The van der Waals surface area contributed by atoms with Gasteiger partial charge in [-0.3, -0.25) is 0 Å². The van der Waals surface area contributed by atoms with Gasteiger partial charge in [-0.25, -0.2) is 18.6 Å². The number of nitrogens with zero attached hydrogens (tertiary/aromatic N) is 3. The Bertz CT molecular complexity index is 839. The van der Waals surface area contributed by atoms with Crippen molar-refractivity contribution in [1.29, 1.82) is 5.26 Å². The second kappa shape index (κ2) is 8.45. The van der Waals surface area contributed by atoms with Crippen LogP contribution < -0.4 is 15.5 Å². The largest absolute Gasteiger partial charge is 0.356 e. The summed E-state index contributed by atoms with van der Waals surface area (Å²) in [4.78, 5) is 18.3. The van der Waals surface area contributed by atoms with Crippen LogP contribution in [0.25, 0.3) is 0 Å². The molecule has 2 amide bonds. The number of piperidine rings is 1. The Labute approximate surface area is 155 Å². The molecular weight excluding hydrogens is 352 g/mol. The molecule has 1 aliphatic rings. The third-order valence-electron chi connectivity index (χ3n) is 4.57. The minimum Gasteiger partial charge on any atom is -0.356 e. The lowest BCUT2D eigenvalue weighted by atomic mass is 9.96. The first kappa shape index (κ1) is 18.6. The summed E-state index contributed by atoms with van der Waals surface area (Å²) in [5.41, 5.74) is 0.0874. The van der Waals surface area contributed by atoms with Crippen LogP contribution in [0.2, 0.25) is 0 Å². The van der Waals surface area contributed by atoms with Crippen molar-refractivity contribution in [3.05, 3.63) is 53.7 Å². The number of urea groups is 1. The zero-order valence-corrected chi connectivity index (χ0v) is 14.6. The van der Waals surface area contributed by atoms with Crippen molar-refractivity contribution < 1.29 is 13.6 Å². The van der Waals surface area contributed by atoms with Gasteiger partial charge in [-0.15, -0.1) is 0 Å². The van der Waals surface area contributed by atoms with Crippen molar-refractivity contribution in [1.82, 2.24) is 10.3 Å². The van der Waals surface area contributed by atoms with E-state index in [1.807, 2.05) is 0 Å². The van der Waals surface area contributed by atoms with Gasteiger partial charge in [-0.05, 0) is 43.0 Å². The molecule has 0 spiro atoms. The number of pyridine rings is 1. The highest BCUT2D eigenvalue weighted by atomic mass is 19.1. The number of hydrogen-bond donors (Lipinski definition) is 2. The highest BCUT2D eigenvalue weighted by Gasteiger charge is 2.22. The maximum atomic E-state index is 13.6. The van der Waals surface area contributed by atoms with E-state index in [-0.39, 0.29) is 5.92 Å². The van der Waals surface area contributed by atoms with E-state index in [0.717, 1.165) is 38.1 Å². The molecule has 0 unspecified atom stereocenters. The molecule has 3 rings (SSSR count). The Morgan fingerprint density at radius 2 is 1.93 bits per heavy atom. The number of amides is 2. The SMILES string of the molecule is N#Cc1cccnc1N1CCC(CNC(=O)Nc2c(F)cccc2F)CC1. The lowest BCUT2D eigenvalue weighted by Gasteiger charge is -2.33. The molecule has 1 saturated heterocycles. The Hall–Kier alpha value is -3.21. The fourth-order valence-corrected chi connectivity index (χ4v) is 3.10. The predicted octanol–water partition coefficient (Wildman–Crippen LogP) is 3.27. The van der Waals surface area contributed by atoms with E-state index in [4.69, 9.17) is 0 Å². The number of carbonyl (C=O) groups excluding carboxylic acids is 1. The van der Waals surface area contributed by atoms with E-state index >= 15 is 0 Å². The molecule has 6 nitrogen and oxygen atoms in total. The Kier molecular flexibility index (Phi) is 5.81. The first-order valence-corrected chi connectivity index (χ1v) is 8.67. The van der Waals surface area contributed by atoms with Gasteiger partial charge in [0.25, 0.3) is 0 Å². The van der Waals surface area contributed by atoms with Crippen LogP contribution in [0.5, 0.6) is 0 Å². The monoisotopic (exact) mass is 371 g/mol. The van der Waals surface area contributed by atoms with E-state index < -0.39 is 23.4 Å². The Morgan fingerprint density at radius 1 is 1.22 bits per heavy atom. The number of benzene rings is 1. The second-order valence-corrected chi connectivity index (χ2v) is 6.35. The van der Waals surface area contributed by atoms with Crippen molar-refractivity contribution in [2.24, 2.45) is 5.92 Å². The molecule has 140 valence electrons. The fourth-order valence-electron chi connectivity index (χ4n) is 3.10. The maximum Gasteiger partial charge on any atom is 0.319 e. The topological polar surface area (TPSA) is 81.1 Å². The first-order valence-electron chi connectivity index (χ1n) is 8.67. The van der Waals surface area contributed by atoms with E-state index in [2.05, 4.69) is 26.6 Å². The second-order valence-electron chi connectivity index (χ2n) is 6.35. The summed E-state index contributed by atoms with van der Waals surface area (Å²) in [6.07, 6.45) is 3.29. The molecule has 2 N–H and O–H groups in total. The number of aromatic nitrogens is 1. The molecule has 1 aromatic heterocycles. The number of nitriles is 1. The molecule has 0 radical (unpaired) electrons. The average molecular weight is 371 g/mol. The number of hydrogen-bond acceptors (Lipinski definition) is 4. The highest BCUT2D eigenvalue weighted by molar-refractivity contribution is 5.89. The van der Waals surface area contributed by atoms with E-state index in [9.17, 15) is 18.8 Å². The van der Waals surface area contributed by atoms with E-state index in [1.165, 1.54) is 6.07 Å². The smallest absolute Gasteiger partial charge is 0.319 e. The quantitative estimate of drug-likeness (QED) is 0.864. The Balaban J connectivity index is 1.48. The van der Waals surface area contributed by atoms with Crippen LogP contribution in [-0.2, 0) is 0 Å². The molecule has 2 heterocycles. The van der Waals surface area contributed by atoms with Gasteiger partial charge in [0.2, 0.25) is 0 Å². The van der Waals surface area contributed by atoms with Gasteiger partial charge in [-0.2, -0.15) is 5.26 Å². The van der Waals surface area contributed by atoms with Crippen LogP contribution in [0.4, 0.5) is 25.1 Å². The van der Waals surface area contributed by atoms with Crippen molar-refractivity contribution in [3.63, 3.8) is 0 Å². The van der Waals surface area contributed by atoms with Gasteiger partial charge in [-0.1, -0.05) is 6.07 Å². The summed E-state index contributed by atoms with van der Waals surface area (Å²) in [6, 6.07) is 8.38. The van der Waals surface area contributed by atoms with Crippen LogP contribution >= 0.6 is 0 Å². The molecule has 0 atom stereocenters. The summed E-state index contributed by atoms with van der Waals surface area (Å²) in [6.45, 7) is 1.85. The molecule has 1 aliphatic heterocycles. The minimum absolute atomic E-state index is 0.242. The lowest BCUT2D eigenvalue weighted by Crippen LogP contribution is -2.40. The van der Waals surface area contributed by atoms with Crippen molar-refractivity contribution in [3.8, 4) is 6.07 Å². The van der Waals surface area contributed by atoms with Gasteiger partial charge in [0.15, 0.2) is 0 Å². The van der Waals surface area contributed by atoms with Gasteiger partial charge >= 0.3 is 6.03 Å². The summed E-state index contributed by atoms with van der Waals surface area (Å²) in [5, 5.41) is 14.1. The normalized spacial score (nSPS) is 14.5. The average Bonchev–Trinajstić information content (AvgIpc) is 2.69. The van der Waals surface area contributed by atoms with Crippen molar-refractivity contribution >= 4 is 17.5 Å². The van der Waals surface area contributed by atoms with Gasteiger partial charge in [0.05, 0.1) is 5.56 Å². The zero-order valence-electron chi connectivity index (χ0n) is 14.6. The molecule has 0 saturated carbocycles. The molecule has 1 fully saturated rings. The summed E-state index contributed by atoms with van der Waals surface area (Å²) < 4.78 is 27.1. The number of nitrogens with one attached hydrogen (secondary N) is 2. The standard InChI is InChI=1S/C19H19F2N5O/c20-15-4-1-5-16(21)17(15)25-19(27)24-12-13-6-9-26(10-7-13)18-14(11-22)3-2-8-23-18/h1-5,8,13H,6-7,9-10,12H2,(H2,24,25,27). The number of rotatable bonds is 4. The summed E-state index contributed by atoms with van der Waals surface area (Å²) in [5.74, 6) is -0.713. The first-order chi connectivity index (χ1) is 13.1. The molecule has 0 bridgehead atoms. The molecular formula is C19H19F2N5O. The fraction of sp³-hybridized carbons (Fsp3) is 0.316. The lowest BCUT2D eigenvalue weighted by molar-refractivity contribution is 0.248. The number of para-hydroxylation sites is 1. The van der Waals surface area contributed by atoms with Crippen LogP contribution in [0.1, 0.15) is 18.4 Å². The van der Waals surface area contributed by atoms with Crippen molar-refractivity contribution in [2.45, 2.75) is 12.8 Å². The molecule has 0 aliphatic carbocycles. The highest BCUT2D eigenvalue weighted by Crippen LogP contribution is 2.24. The minimum atomic E-state index is -0.817. The maximum absolute atomic E-state index is 13.6. The number of anilines is 2. The number of carbonyl (C=O) groups is 1. The van der Waals surface area contributed by atoms with Gasteiger partial charge in [0.1, 0.15) is 29.2 Å². The molecule has 1 aromatic carbocycles. The van der Waals surface area contributed by atoms with Crippen molar-refractivity contribution in [2.75, 3.05) is 29.9 Å². The van der Waals surface area contributed by atoms with Crippen LogP contribution in [0.15, 0.2) is 36.5 Å². The van der Waals surface area contributed by atoms with E-state index in [1.54, 1.807) is 18.3 Å². The van der Waals surface area contributed by atoms with Crippen LogP contribution in [0.3, 0.4) is 0 Å². The molecule has 8 heteroatoms. The third-order valence-corrected chi connectivity index (χ3v) is 4.57. The Morgan fingerprint density at radius 3 is 2.59 bits per heavy atom. The molecule has 27 heavy (non-hydrogen) atoms. The molecule has 2 aromatic rings. The summed E-state index contributed by atoms with van der Waals surface area (Å²) in [7, 11) is 0. The predicted molar refractivity (Wildman–Crippen MR) is 97.3 cm³/mol. The number of halogens is 2.